The summed E-state index contributed by atoms with van der Waals surface area (Å²) in [5.74, 6) is 0.304. The Morgan fingerprint density at radius 3 is 2.40 bits per heavy atom. The van der Waals surface area contributed by atoms with Gasteiger partial charge in [0.05, 0.1) is 0 Å². The average molecular weight is 400 g/mol. The molecule has 25 heavy (non-hydrogen) atoms. The number of tetrazole rings is 1. The summed E-state index contributed by atoms with van der Waals surface area (Å²) in [6, 6.07) is 11.7. The Balaban J connectivity index is 1.71. The zero-order valence-corrected chi connectivity index (χ0v) is 15.8. The van der Waals surface area contributed by atoms with Crippen LogP contribution in [0.25, 0.3) is 11.4 Å². The van der Waals surface area contributed by atoms with Gasteiger partial charge in [-0.05, 0) is 61.4 Å². The summed E-state index contributed by atoms with van der Waals surface area (Å²) in [4.78, 5) is 13.6. The van der Waals surface area contributed by atoms with Crippen LogP contribution in [0.2, 0.25) is 0 Å². The molecule has 0 unspecified atom stereocenters. The van der Waals surface area contributed by atoms with Gasteiger partial charge in [0.1, 0.15) is 6.54 Å². The summed E-state index contributed by atoms with van der Waals surface area (Å²) in [6.45, 7) is 6.01. The highest BCUT2D eigenvalue weighted by atomic mass is 79.9. The van der Waals surface area contributed by atoms with Crippen molar-refractivity contribution in [1.29, 1.82) is 0 Å². The van der Waals surface area contributed by atoms with E-state index in [1.165, 1.54) is 10.4 Å². The number of hydrogen-bond donors (Lipinski definition) is 1. The molecule has 7 heteroatoms. The van der Waals surface area contributed by atoms with E-state index in [4.69, 9.17) is 0 Å². The van der Waals surface area contributed by atoms with E-state index in [0.29, 0.717) is 5.82 Å². The Morgan fingerprint density at radius 2 is 1.76 bits per heavy atom. The maximum absolute atomic E-state index is 12.3. The highest BCUT2D eigenvalue weighted by Gasteiger charge is 2.12. The van der Waals surface area contributed by atoms with Crippen LogP contribution in [0.4, 0.5) is 5.69 Å². The lowest BCUT2D eigenvalue weighted by atomic mass is 10.1. The molecule has 0 aliphatic carbocycles. The number of amides is 1. The highest BCUT2D eigenvalue weighted by molar-refractivity contribution is 9.10. The number of nitrogens with one attached hydrogen (secondary N) is 1. The van der Waals surface area contributed by atoms with E-state index in [1.54, 1.807) is 0 Å². The predicted molar refractivity (Wildman–Crippen MR) is 100 cm³/mol. The van der Waals surface area contributed by atoms with Gasteiger partial charge >= 0.3 is 0 Å². The molecular formula is C18H18BrN5O. The van der Waals surface area contributed by atoms with E-state index in [-0.39, 0.29) is 12.5 Å². The van der Waals surface area contributed by atoms with Crippen molar-refractivity contribution >= 4 is 27.5 Å². The van der Waals surface area contributed by atoms with Crippen LogP contribution in [0.3, 0.4) is 0 Å². The molecule has 2 aromatic carbocycles. The zero-order chi connectivity index (χ0) is 18.0. The molecule has 0 bridgehead atoms. The zero-order valence-electron chi connectivity index (χ0n) is 14.2. The van der Waals surface area contributed by atoms with Gasteiger partial charge in [0.25, 0.3) is 0 Å². The molecule has 0 aliphatic heterocycles. The number of aryl methyl sites for hydroxylation is 3. The lowest BCUT2D eigenvalue weighted by Gasteiger charge is -2.12. The smallest absolute Gasteiger partial charge is 0.248 e. The summed E-state index contributed by atoms with van der Waals surface area (Å²) in [6.07, 6.45) is 0. The Morgan fingerprint density at radius 1 is 1.12 bits per heavy atom. The molecular weight excluding hydrogens is 382 g/mol. The summed E-state index contributed by atoms with van der Waals surface area (Å²) in [5.41, 5.74) is 4.93. The van der Waals surface area contributed by atoms with Crippen molar-refractivity contribution in [1.82, 2.24) is 20.2 Å². The summed E-state index contributed by atoms with van der Waals surface area (Å²) >= 11 is 3.39. The minimum atomic E-state index is -0.185. The van der Waals surface area contributed by atoms with Crippen LogP contribution in [0.5, 0.6) is 0 Å². The van der Waals surface area contributed by atoms with Gasteiger partial charge in [-0.2, -0.15) is 4.80 Å². The van der Waals surface area contributed by atoms with Crippen molar-refractivity contribution in [2.45, 2.75) is 27.3 Å². The van der Waals surface area contributed by atoms with Gasteiger partial charge in [0.15, 0.2) is 0 Å². The van der Waals surface area contributed by atoms with Gasteiger partial charge < -0.3 is 5.32 Å². The molecule has 0 saturated heterocycles. The molecule has 1 heterocycles. The quantitative estimate of drug-likeness (QED) is 0.726. The number of rotatable bonds is 4. The third kappa shape index (κ3) is 4.11. The fraction of sp³-hybridized carbons (Fsp3) is 0.222. The van der Waals surface area contributed by atoms with Crippen LogP contribution in [0.1, 0.15) is 16.7 Å². The Kier molecular flexibility index (Phi) is 4.94. The van der Waals surface area contributed by atoms with E-state index in [9.17, 15) is 4.79 Å². The van der Waals surface area contributed by atoms with Crippen molar-refractivity contribution in [3.8, 4) is 11.4 Å². The topological polar surface area (TPSA) is 72.7 Å². The lowest BCUT2D eigenvalue weighted by molar-refractivity contribution is -0.117. The first kappa shape index (κ1) is 17.3. The predicted octanol–water partition coefficient (Wildman–Crippen LogP) is 3.67. The number of hydrogen-bond acceptors (Lipinski definition) is 4. The van der Waals surface area contributed by atoms with Crippen LogP contribution < -0.4 is 5.32 Å². The molecule has 3 aromatic rings. The third-order valence-electron chi connectivity index (χ3n) is 3.78. The van der Waals surface area contributed by atoms with Gasteiger partial charge in [0, 0.05) is 15.7 Å². The van der Waals surface area contributed by atoms with Crippen molar-refractivity contribution in [3.63, 3.8) is 0 Å². The van der Waals surface area contributed by atoms with E-state index in [2.05, 4.69) is 36.7 Å². The maximum atomic E-state index is 12.3. The summed E-state index contributed by atoms with van der Waals surface area (Å²) in [7, 11) is 0. The van der Waals surface area contributed by atoms with Crippen molar-refractivity contribution in [3.05, 3.63) is 57.6 Å². The number of carbonyl (C=O) groups excluding carboxylic acids is 1. The second-order valence-electron chi connectivity index (χ2n) is 5.97. The van der Waals surface area contributed by atoms with Crippen LogP contribution in [0, 0.1) is 20.8 Å². The molecule has 1 aromatic heterocycles. The van der Waals surface area contributed by atoms with Crippen LogP contribution in [-0.4, -0.2) is 26.1 Å². The molecule has 0 spiro atoms. The largest absolute Gasteiger partial charge is 0.324 e. The third-order valence-corrected chi connectivity index (χ3v) is 4.31. The molecule has 0 fully saturated rings. The SMILES string of the molecule is Cc1cc(C)c(NC(=O)Cn2nnc(-c3ccc(Br)cc3)n2)c(C)c1. The summed E-state index contributed by atoms with van der Waals surface area (Å²) in [5, 5.41) is 15.2. The van der Waals surface area contributed by atoms with Gasteiger partial charge in [-0.1, -0.05) is 33.6 Å². The van der Waals surface area contributed by atoms with Crippen molar-refractivity contribution in [2.24, 2.45) is 0 Å². The fourth-order valence-corrected chi connectivity index (χ4v) is 2.97. The van der Waals surface area contributed by atoms with Crippen LogP contribution >= 0.6 is 15.9 Å². The van der Waals surface area contributed by atoms with Gasteiger partial charge in [-0.15, -0.1) is 10.2 Å². The average Bonchev–Trinajstić information content (AvgIpc) is 3.00. The summed E-state index contributed by atoms with van der Waals surface area (Å²) < 4.78 is 0.979. The molecule has 6 nitrogen and oxygen atoms in total. The Bertz CT molecular complexity index is 894. The van der Waals surface area contributed by atoms with E-state index < -0.39 is 0 Å². The van der Waals surface area contributed by atoms with E-state index >= 15 is 0 Å². The second-order valence-corrected chi connectivity index (χ2v) is 6.89. The number of carbonyl (C=O) groups is 1. The van der Waals surface area contributed by atoms with Gasteiger partial charge in [0.2, 0.25) is 11.7 Å². The molecule has 0 atom stereocenters. The highest BCUT2D eigenvalue weighted by Crippen LogP contribution is 2.22. The lowest BCUT2D eigenvalue weighted by Crippen LogP contribution is -2.21. The molecule has 0 aliphatic rings. The Hall–Kier alpha value is -2.54. The number of halogens is 1. The molecule has 1 amide bonds. The first-order valence-electron chi connectivity index (χ1n) is 7.84. The normalized spacial score (nSPS) is 10.7. The Labute approximate surface area is 154 Å². The minimum Gasteiger partial charge on any atom is -0.324 e. The molecule has 1 N–H and O–H groups in total. The number of anilines is 1. The second kappa shape index (κ2) is 7.14. The maximum Gasteiger partial charge on any atom is 0.248 e. The van der Waals surface area contributed by atoms with Crippen LogP contribution in [-0.2, 0) is 11.3 Å². The van der Waals surface area contributed by atoms with Gasteiger partial charge in [-0.25, -0.2) is 0 Å². The standard InChI is InChI=1S/C18H18BrN5O/c1-11-8-12(2)17(13(3)9-11)20-16(25)10-24-22-18(21-23-24)14-4-6-15(19)7-5-14/h4-9H,10H2,1-3H3,(H,20,25). The van der Waals surface area contributed by atoms with Crippen molar-refractivity contribution < 1.29 is 4.79 Å². The van der Waals surface area contributed by atoms with Crippen molar-refractivity contribution in [2.75, 3.05) is 5.32 Å². The monoisotopic (exact) mass is 399 g/mol. The molecule has 0 radical (unpaired) electrons. The first-order valence-corrected chi connectivity index (χ1v) is 8.63. The fourth-order valence-electron chi connectivity index (χ4n) is 2.71. The molecule has 0 saturated carbocycles. The van der Waals surface area contributed by atoms with E-state index in [1.807, 2.05) is 57.2 Å². The number of benzene rings is 2. The number of nitrogens with zero attached hydrogens (tertiary/aromatic N) is 4. The number of aromatic nitrogens is 4. The first-order chi connectivity index (χ1) is 11.9. The minimum absolute atomic E-state index is 0.0102. The van der Waals surface area contributed by atoms with E-state index in [0.717, 1.165) is 26.9 Å². The van der Waals surface area contributed by atoms with Gasteiger partial charge in [-0.3, -0.25) is 4.79 Å². The molecule has 128 valence electrons. The molecule has 3 rings (SSSR count). The van der Waals surface area contributed by atoms with Crippen LogP contribution in [0.15, 0.2) is 40.9 Å².